The zero-order valence-electron chi connectivity index (χ0n) is 13.3. The van der Waals surface area contributed by atoms with E-state index in [2.05, 4.69) is 47.9 Å². The first-order valence-electron chi connectivity index (χ1n) is 7.82. The van der Waals surface area contributed by atoms with E-state index in [-0.39, 0.29) is 5.54 Å². The van der Waals surface area contributed by atoms with Crippen LogP contribution in [0.25, 0.3) is 0 Å². The standard InChI is InChI=1S/C16H28N4/c1-5-20(14-8-6-7-9-14)15-12-17-13(10-18-15)11-19-16(2,3)4/h10,12,14,19H,5-9,11H2,1-4H3. The van der Waals surface area contributed by atoms with Crippen molar-refractivity contribution in [3.8, 4) is 0 Å². The van der Waals surface area contributed by atoms with Crippen molar-refractivity contribution >= 4 is 5.82 Å². The van der Waals surface area contributed by atoms with Crippen LogP contribution in [0.5, 0.6) is 0 Å². The van der Waals surface area contributed by atoms with Crippen molar-refractivity contribution in [2.24, 2.45) is 0 Å². The fourth-order valence-electron chi connectivity index (χ4n) is 2.77. The Hall–Kier alpha value is -1.16. The van der Waals surface area contributed by atoms with Crippen LogP contribution in [0.3, 0.4) is 0 Å². The molecule has 1 aliphatic carbocycles. The Labute approximate surface area is 123 Å². The maximum Gasteiger partial charge on any atom is 0.147 e. The number of hydrogen-bond donors (Lipinski definition) is 1. The lowest BCUT2D eigenvalue weighted by molar-refractivity contribution is 0.421. The summed E-state index contributed by atoms with van der Waals surface area (Å²) < 4.78 is 0. The first-order chi connectivity index (χ1) is 9.49. The first kappa shape index (κ1) is 15.2. The number of aromatic nitrogens is 2. The molecule has 0 aromatic carbocycles. The molecule has 1 heterocycles. The largest absolute Gasteiger partial charge is 0.353 e. The molecule has 2 rings (SSSR count). The van der Waals surface area contributed by atoms with Gasteiger partial charge in [0.15, 0.2) is 0 Å². The van der Waals surface area contributed by atoms with E-state index in [1.165, 1.54) is 25.7 Å². The van der Waals surface area contributed by atoms with Crippen LogP contribution in [-0.2, 0) is 6.54 Å². The summed E-state index contributed by atoms with van der Waals surface area (Å²) in [6, 6.07) is 0.660. The quantitative estimate of drug-likeness (QED) is 0.897. The van der Waals surface area contributed by atoms with Gasteiger partial charge in [-0.2, -0.15) is 0 Å². The molecule has 0 atom stereocenters. The predicted molar refractivity (Wildman–Crippen MR) is 83.9 cm³/mol. The molecule has 0 saturated heterocycles. The zero-order valence-corrected chi connectivity index (χ0v) is 13.3. The van der Waals surface area contributed by atoms with E-state index in [1.54, 1.807) is 0 Å². The lowest BCUT2D eigenvalue weighted by Gasteiger charge is -2.28. The van der Waals surface area contributed by atoms with Crippen LogP contribution < -0.4 is 10.2 Å². The minimum atomic E-state index is 0.111. The molecule has 0 radical (unpaired) electrons. The van der Waals surface area contributed by atoms with E-state index in [4.69, 9.17) is 0 Å². The van der Waals surface area contributed by atoms with Crippen molar-refractivity contribution in [2.45, 2.75) is 71.5 Å². The summed E-state index contributed by atoms with van der Waals surface area (Å²) in [7, 11) is 0. The Morgan fingerprint density at radius 2 is 1.90 bits per heavy atom. The van der Waals surface area contributed by atoms with Gasteiger partial charge in [0.25, 0.3) is 0 Å². The third-order valence-electron chi connectivity index (χ3n) is 3.89. The predicted octanol–water partition coefficient (Wildman–Crippen LogP) is 3.13. The number of anilines is 1. The number of nitrogens with one attached hydrogen (secondary N) is 1. The van der Waals surface area contributed by atoms with Crippen LogP contribution in [0.4, 0.5) is 5.82 Å². The van der Waals surface area contributed by atoms with Crippen molar-refractivity contribution in [1.82, 2.24) is 15.3 Å². The summed E-state index contributed by atoms with van der Waals surface area (Å²) in [5.41, 5.74) is 1.12. The van der Waals surface area contributed by atoms with Gasteiger partial charge in [0.2, 0.25) is 0 Å². The second-order valence-corrected chi connectivity index (χ2v) is 6.69. The smallest absolute Gasteiger partial charge is 0.147 e. The fraction of sp³-hybridized carbons (Fsp3) is 0.750. The van der Waals surface area contributed by atoms with E-state index >= 15 is 0 Å². The van der Waals surface area contributed by atoms with Gasteiger partial charge in [0.1, 0.15) is 5.82 Å². The van der Waals surface area contributed by atoms with Crippen LogP contribution in [0.2, 0.25) is 0 Å². The summed E-state index contributed by atoms with van der Waals surface area (Å²) in [5, 5.41) is 3.44. The SMILES string of the molecule is CCN(c1cnc(CNC(C)(C)C)cn1)C1CCCC1. The summed E-state index contributed by atoms with van der Waals surface area (Å²) in [5.74, 6) is 1.03. The molecule has 4 nitrogen and oxygen atoms in total. The molecule has 0 aliphatic heterocycles. The summed E-state index contributed by atoms with van der Waals surface area (Å²) in [6.07, 6.45) is 9.13. The fourth-order valence-corrected chi connectivity index (χ4v) is 2.77. The van der Waals surface area contributed by atoms with Crippen molar-refractivity contribution in [3.05, 3.63) is 18.1 Å². The van der Waals surface area contributed by atoms with E-state index < -0.39 is 0 Å². The van der Waals surface area contributed by atoms with Gasteiger partial charge in [0.05, 0.1) is 18.1 Å². The molecule has 4 heteroatoms. The lowest BCUT2D eigenvalue weighted by Crippen LogP contribution is -2.36. The van der Waals surface area contributed by atoms with E-state index in [0.717, 1.165) is 24.6 Å². The van der Waals surface area contributed by atoms with Crippen molar-refractivity contribution < 1.29 is 0 Å². The maximum absolute atomic E-state index is 4.62. The molecule has 112 valence electrons. The molecular formula is C16H28N4. The van der Waals surface area contributed by atoms with Crippen LogP contribution in [0.15, 0.2) is 12.4 Å². The monoisotopic (exact) mass is 276 g/mol. The Balaban J connectivity index is 1.99. The second kappa shape index (κ2) is 6.53. The third kappa shape index (κ3) is 4.17. The van der Waals surface area contributed by atoms with E-state index in [9.17, 15) is 0 Å². The van der Waals surface area contributed by atoms with Gasteiger partial charge in [-0.25, -0.2) is 4.98 Å². The number of hydrogen-bond acceptors (Lipinski definition) is 4. The van der Waals surface area contributed by atoms with Gasteiger partial charge in [-0.15, -0.1) is 0 Å². The summed E-state index contributed by atoms with van der Waals surface area (Å²) in [6.45, 7) is 10.5. The topological polar surface area (TPSA) is 41.1 Å². The molecule has 1 aromatic heterocycles. The molecule has 1 fully saturated rings. The van der Waals surface area contributed by atoms with Crippen LogP contribution in [0.1, 0.15) is 59.1 Å². The molecule has 0 spiro atoms. The average Bonchev–Trinajstić information content (AvgIpc) is 2.92. The summed E-state index contributed by atoms with van der Waals surface area (Å²) in [4.78, 5) is 11.6. The minimum Gasteiger partial charge on any atom is -0.353 e. The molecule has 0 bridgehead atoms. The number of rotatable bonds is 5. The number of nitrogens with zero attached hydrogens (tertiary/aromatic N) is 3. The van der Waals surface area contributed by atoms with Gasteiger partial charge in [-0.1, -0.05) is 12.8 Å². The molecule has 1 saturated carbocycles. The molecular weight excluding hydrogens is 248 g/mol. The second-order valence-electron chi connectivity index (χ2n) is 6.69. The Morgan fingerprint density at radius 3 is 2.40 bits per heavy atom. The van der Waals surface area contributed by atoms with Gasteiger partial charge in [-0.05, 0) is 40.5 Å². The van der Waals surface area contributed by atoms with Crippen LogP contribution in [0, 0.1) is 0 Å². The molecule has 1 aromatic rings. The average molecular weight is 276 g/mol. The Kier molecular flexibility index (Phi) is 4.97. The van der Waals surface area contributed by atoms with E-state index in [0.29, 0.717) is 6.04 Å². The molecule has 0 amide bonds. The highest BCUT2D eigenvalue weighted by molar-refractivity contribution is 5.37. The Bertz CT molecular complexity index is 401. The molecule has 0 unspecified atom stereocenters. The molecule has 1 N–H and O–H groups in total. The minimum absolute atomic E-state index is 0.111. The molecule has 20 heavy (non-hydrogen) atoms. The van der Waals surface area contributed by atoms with Crippen LogP contribution in [-0.4, -0.2) is 28.1 Å². The Morgan fingerprint density at radius 1 is 1.20 bits per heavy atom. The maximum atomic E-state index is 4.62. The summed E-state index contributed by atoms with van der Waals surface area (Å²) >= 11 is 0. The normalized spacial score (nSPS) is 16.6. The van der Waals surface area contributed by atoms with Gasteiger partial charge in [-0.3, -0.25) is 4.98 Å². The zero-order chi connectivity index (χ0) is 14.6. The lowest BCUT2D eigenvalue weighted by atomic mass is 10.1. The highest BCUT2D eigenvalue weighted by atomic mass is 15.2. The highest BCUT2D eigenvalue weighted by Crippen LogP contribution is 2.26. The van der Waals surface area contributed by atoms with Crippen molar-refractivity contribution in [1.29, 1.82) is 0 Å². The highest BCUT2D eigenvalue weighted by Gasteiger charge is 2.22. The van der Waals surface area contributed by atoms with Crippen molar-refractivity contribution in [3.63, 3.8) is 0 Å². The van der Waals surface area contributed by atoms with E-state index in [1.807, 2.05) is 12.4 Å². The van der Waals surface area contributed by atoms with Crippen molar-refractivity contribution in [2.75, 3.05) is 11.4 Å². The van der Waals surface area contributed by atoms with Gasteiger partial charge < -0.3 is 10.2 Å². The van der Waals surface area contributed by atoms with Crippen LogP contribution >= 0.6 is 0 Å². The van der Waals surface area contributed by atoms with Gasteiger partial charge >= 0.3 is 0 Å². The first-order valence-corrected chi connectivity index (χ1v) is 7.82. The molecule has 1 aliphatic rings. The third-order valence-corrected chi connectivity index (χ3v) is 3.89. The van der Waals surface area contributed by atoms with Gasteiger partial charge in [0, 0.05) is 24.7 Å².